The molecule has 0 atom stereocenters. The van der Waals surface area contributed by atoms with Crippen LogP contribution in [0.1, 0.15) is 41.8 Å². The zero-order valence-corrected chi connectivity index (χ0v) is 10.1. The van der Waals surface area contributed by atoms with Crippen molar-refractivity contribution in [2.45, 2.75) is 33.4 Å². The van der Waals surface area contributed by atoms with Gasteiger partial charge in [-0.05, 0) is 26.3 Å². The van der Waals surface area contributed by atoms with E-state index in [1.165, 1.54) is 4.68 Å². The Labute approximate surface area is 99.2 Å². The first kappa shape index (κ1) is 11.9. The molecule has 2 rings (SSSR count). The maximum atomic E-state index is 11.7. The monoisotopic (exact) mass is 240 g/mol. The topological polar surface area (TPSA) is 75.7 Å². The van der Waals surface area contributed by atoms with Gasteiger partial charge in [-0.2, -0.15) is 0 Å². The van der Waals surface area contributed by atoms with E-state index < -0.39 is 12.3 Å². The maximum absolute atomic E-state index is 11.7. The van der Waals surface area contributed by atoms with Crippen LogP contribution in [0.3, 0.4) is 0 Å². The number of esters is 1. The van der Waals surface area contributed by atoms with Crippen molar-refractivity contribution in [2.75, 3.05) is 12.4 Å². The van der Waals surface area contributed by atoms with Gasteiger partial charge in [0.05, 0.1) is 6.61 Å². The smallest absolute Gasteiger partial charge is 0.357 e. The number of ether oxygens (including phenoxy) is 3. The number of rotatable bonds is 3. The highest BCUT2D eigenvalue weighted by Gasteiger charge is 2.33. The zero-order chi connectivity index (χ0) is 12.6. The molecule has 2 N–H and O–H groups in total. The fraction of sp³-hybridized carbons (Fsp3) is 0.545. The molecule has 1 fully saturated rings. The van der Waals surface area contributed by atoms with Crippen molar-refractivity contribution in [3.63, 3.8) is 0 Å². The zero-order valence-electron chi connectivity index (χ0n) is 10.1. The number of aromatic nitrogens is 1. The molecule has 17 heavy (non-hydrogen) atoms. The van der Waals surface area contributed by atoms with Crippen molar-refractivity contribution in [2.24, 2.45) is 0 Å². The molecule has 0 bridgehead atoms. The van der Waals surface area contributed by atoms with Crippen molar-refractivity contribution in [3.8, 4) is 0 Å². The average Bonchev–Trinajstić information content (AvgIpc) is 2.50. The van der Waals surface area contributed by atoms with Gasteiger partial charge < -0.3 is 20.1 Å². The summed E-state index contributed by atoms with van der Waals surface area (Å²) in [7, 11) is 0. The molecule has 1 aromatic rings. The van der Waals surface area contributed by atoms with E-state index in [1.807, 2.05) is 0 Å². The number of carbonyl (C=O) groups is 1. The Morgan fingerprint density at radius 1 is 1.59 bits per heavy atom. The third kappa shape index (κ3) is 2.01. The largest absolute Gasteiger partial charge is 0.461 e. The van der Waals surface area contributed by atoms with Gasteiger partial charge in [0.2, 0.25) is 0 Å². The average molecular weight is 240 g/mol. The summed E-state index contributed by atoms with van der Waals surface area (Å²) in [5.74, 6) is 5.29. The van der Waals surface area contributed by atoms with Crippen LogP contribution in [0.25, 0.3) is 0 Å². The molecule has 0 unspecified atom stereocenters. The summed E-state index contributed by atoms with van der Waals surface area (Å²) in [5.41, 5.74) is 1.81. The lowest BCUT2D eigenvalue weighted by molar-refractivity contribution is -0.382. The highest BCUT2D eigenvalue weighted by molar-refractivity contribution is 5.90. The van der Waals surface area contributed by atoms with Gasteiger partial charge in [0.25, 0.3) is 0 Å². The standard InChI is InChI=1S/C11H16N2O4/c1-4-15-10(14)9-6(2)8(5-13(9)12)11-16-7(3)17-11/h5,7,11H,4,12H2,1-3H3. The first-order valence-corrected chi connectivity index (χ1v) is 5.49. The molecule has 1 aliphatic heterocycles. The molecule has 0 saturated carbocycles. The molecule has 0 radical (unpaired) electrons. The number of hydrogen-bond donors (Lipinski definition) is 1. The first-order valence-electron chi connectivity index (χ1n) is 5.49. The molecule has 6 heteroatoms. The van der Waals surface area contributed by atoms with Crippen LogP contribution in [-0.2, 0) is 14.2 Å². The summed E-state index contributed by atoms with van der Waals surface area (Å²) in [4.78, 5) is 11.7. The minimum Gasteiger partial charge on any atom is -0.461 e. The number of nitrogen functional groups attached to an aromatic ring is 1. The number of nitrogens with zero attached hydrogens (tertiary/aromatic N) is 1. The Hall–Kier alpha value is -1.53. The van der Waals surface area contributed by atoms with Crippen LogP contribution in [0.4, 0.5) is 0 Å². The van der Waals surface area contributed by atoms with E-state index >= 15 is 0 Å². The van der Waals surface area contributed by atoms with Crippen LogP contribution in [0.5, 0.6) is 0 Å². The molecule has 1 saturated heterocycles. The fourth-order valence-corrected chi connectivity index (χ4v) is 1.84. The lowest BCUT2D eigenvalue weighted by atomic mass is 10.1. The van der Waals surface area contributed by atoms with Gasteiger partial charge in [0.15, 0.2) is 18.3 Å². The summed E-state index contributed by atoms with van der Waals surface area (Å²) >= 11 is 0. The van der Waals surface area contributed by atoms with Crippen LogP contribution < -0.4 is 5.84 Å². The molecule has 0 aliphatic carbocycles. The molecule has 94 valence electrons. The Kier molecular flexibility index (Phi) is 3.08. The summed E-state index contributed by atoms with van der Waals surface area (Å²) in [6.07, 6.45) is 0.965. The summed E-state index contributed by atoms with van der Waals surface area (Å²) in [6.45, 7) is 5.65. The van der Waals surface area contributed by atoms with E-state index in [9.17, 15) is 4.79 Å². The highest BCUT2D eigenvalue weighted by Crippen LogP contribution is 2.34. The highest BCUT2D eigenvalue weighted by atomic mass is 16.9. The Balaban J connectivity index is 2.26. The molecular formula is C11H16N2O4. The van der Waals surface area contributed by atoms with Gasteiger partial charge in [-0.3, -0.25) is 4.68 Å². The van der Waals surface area contributed by atoms with Gasteiger partial charge in [-0.25, -0.2) is 4.79 Å². The third-order valence-corrected chi connectivity index (χ3v) is 2.68. The molecule has 2 heterocycles. The van der Waals surface area contributed by atoms with E-state index in [1.54, 1.807) is 27.0 Å². The fourth-order valence-electron chi connectivity index (χ4n) is 1.84. The predicted octanol–water partition coefficient (Wildman–Crippen LogP) is 1.08. The van der Waals surface area contributed by atoms with Crippen molar-refractivity contribution >= 4 is 5.97 Å². The summed E-state index contributed by atoms with van der Waals surface area (Å²) < 4.78 is 16.9. The summed E-state index contributed by atoms with van der Waals surface area (Å²) in [5, 5.41) is 0. The molecule has 1 aromatic heterocycles. The van der Waals surface area contributed by atoms with Gasteiger partial charge in [-0.15, -0.1) is 0 Å². The van der Waals surface area contributed by atoms with Crippen molar-refractivity contribution in [1.29, 1.82) is 0 Å². The van der Waals surface area contributed by atoms with E-state index in [4.69, 9.17) is 20.1 Å². The predicted molar refractivity (Wildman–Crippen MR) is 59.6 cm³/mol. The molecule has 1 aliphatic rings. The maximum Gasteiger partial charge on any atom is 0.357 e. The van der Waals surface area contributed by atoms with Crippen molar-refractivity contribution in [1.82, 2.24) is 4.68 Å². The van der Waals surface area contributed by atoms with Gasteiger partial charge in [-0.1, -0.05) is 0 Å². The second kappa shape index (κ2) is 4.38. The molecule has 0 amide bonds. The second-order valence-corrected chi connectivity index (χ2v) is 3.86. The quantitative estimate of drug-likeness (QED) is 0.632. The van der Waals surface area contributed by atoms with Crippen molar-refractivity contribution in [3.05, 3.63) is 23.0 Å². The SMILES string of the molecule is CCOC(=O)c1c(C)c(C2OC(C)O2)cn1N. The lowest BCUT2D eigenvalue weighted by Gasteiger charge is -2.33. The van der Waals surface area contributed by atoms with Crippen molar-refractivity contribution < 1.29 is 19.0 Å². The molecule has 0 spiro atoms. The van der Waals surface area contributed by atoms with Crippen LogP contribution in [0.15, 0.2) is 6.20 Å². The Morgan fingerprint density at radius 3 is 2.76 bits per heavy atom. The van der Waals surface area contributed by atoms with Gasteiger partial charge in [0, 0.05) is 11.8 Å². The van der Waals surface area contributed by atoms with Crippen LogP contribution in [-0.4, -0.2) is 23.5 Å². The Bertz CT molecular complexity index is 435. The van der Waals surface area contributed by atoms with Crippen LogP contribution >= 0.6 is 0 Å². The number of nitrogens with two attached hydrogens (primary N) is 1. The third-order valence-electron chi connectivity index (χ3n) is 2.68. The minimum absolute atomic E-state index is 0.216. The number of hydrogen-bond acceptors (Lipinski definition) is 5. The number of carbonyl (C=O) groups excluding carboxylic acids is 1. The van der Waals surface area contributed by atoms with E-state index in [2.05, 4.69) is 0 Å². The lowest BCUT2D eigenvalue weighted by Crippen LogP contribution is -2.31. The molecule has 6 nitrogen and oxygen atoms in total. The molecule has 0 aromatic carbocycles. The van der Waals surface area contributed by atoms with E-state index in [0.717, 1.165) is 11.1 Å². The normalized spacial score (nSPS) is 23.2. The molecular weight excluding hydrogens is 224 g/mol. The van der Waals surface area contributed by atoms with Crippen LogP contribution in [0, 0.1) is 6.92 Å². The van der Waals surface area contributed by atoms with Crippen LogP contribution in [0.2, 0.25) is 0 Å². The van der Waals surface area contributed by atoms with Gasteiger partial charge in [0.1, 0.15) is 0 Å². The first-order chi connectivity index (χ1) is 8.04. The summed E-state index contributed by atoms with van der Waals surface area (Å²) in [6, 6.07) is 0. The van der Waals surface area contributed by atoms with E-state index in [-0.39, 0.29) is 6.29 Å². The Morgan fingerprint density at radius 2 is 2.24 bits per heavy atom. The van der Waals surface area contributed by atoms with E-state index in [0.29, 0.717) is 12.3 Å². The second-order valence-electron chi connectivity index (χ2n) is 3.86. The van der Waals surface area contributed by atoms with Gasteiger partial charge >= 0.3 is 5.97 Å². The minimum atomic E-state index is -0.442.